The van der Waals surface area contributed by atoms with Crippen molar-refractivity contribution in [1.82, 2.24) is 0 Å². The van der Waals surface area contributed by atoms with Crippen molar-refractivity contribution in [2.75, 3.05) is 16.0 Å². The van der Waals surface area contributed by atoms with Crippen molar-refractivity contribution in [3.8, 4) is 0 Å². The maximum absolute atomic E-state index is 12.6. The zero-order valence-corrected chi connectivity index (χ0v) is 16.4. The van der Waals surface area contributed by atoms with Gasteiger partial charge in [0.2, 0.25) is 17.7 Å². The molecule has 2 aromatic rings. The van der Waals surface area contributed by atoms with Crippen LogP contribution in [0.4, 0.5) is 17.1 Å². The van der Waals surface area contributed by atoms with Crippen LogP contribution < -0.4 is 16.0 Å². The van der Waals surface area contributed by atoms with E-state index in [0.29, 0.717) is 22.1 Å². The molecule has 142 valence electrons. The summed E-state index contributed by atoms with van der Waals surface area (Å²) in [6, 6.07) is 11.8. The van der Waals surface area contributed by atoms with Gasteiger partial charge in [0.25, 0.3) is 0 Å². The van der Waals surface area contributed by atoms with Gasteiger partial charge in [0, 0.05) is 29.0 Å². The van der Waals surface area contributed by atoms with Crippen molar-refractivity contribution >= 4 is 46.4 Å². The molecule has 0 bridgehead atoms. The van der Waals surface area contributed by atoms with Gasteiger partial charge in [-0.15, -0.1) is 0 Å². The number of rotatable bonds is 5. The number of aryl methyl sites for hydroxylation is 1. The smallest absolute Gasteiger partial charge is 0.239 e. The molecule has 2 aromatic carbocycles. The Morgan fingerprint density at radius 1 is 0.852 bits per heavy atom. The predicted octanol–water partition coefficient (Wildman–Crippen LogP) is 4.21. The Morgan fingerprint density at radius 3 is 1.93 bits per heavy atom. The van der Waals surface area contributed by atoms with Gasteiger partial charge in [0.15, 0.2) is 0 Å². The van der Waals surface area contributed by atoms with Gasteiger partial charge in [-0.1, -0.05) is 17.7 Å². The number of carbonyl (C=O) groups excluding carboxylic acids is 3. The fourth-order valence-electron chi connectivity index (χ4n) is 2.24. The van der Waals surface area contributed by atoms with E-state index in [0.717, 1.165) is 5.56 Å². The molecule has 3 amide bonds. The van der Waals surface area contributed by atoms with E-state index in [-0.39, 0.29) is 5.91 Å². The van der Waals surface area contributed by atoms with E-state index in [4.69, 9.17) is 11.6 Å². The third kappa shape index (κ3) is 5.31. The third-order valence-corrected chi connectivity index (χ3v) is 4.28. The molecular weight excluding hydrogens is 366 g/mol. The van der Waals surface area contributed by atoms with Gasteiger partial charge in [-0.2, -0.15) is 0 Å². The highest BCUT2D eigenvalue weighted by Crippen LogP contribution is 2.25. The second-order valence-corrected chi connectivity index (χ2v) is 7.19. The fourth-order valence-corrected chi connectivity index (χ4v) is 2.41. The number of halogens is 1. The monoisotopic (exact) mass is 387 g/mol. The van der Waals surface area contributed by atoms with Crippen LogP contribution in [-0.4, -0.2) is 17.7 Å². The second kappa shape index (κ2) is 8.22. The average Bonchev–Trinajstić information content (AvgIpc) is 2.59. The molecule has 7 heteroatoms. The quantitative estimate of drug-likeness (QED) is 0.671. The van der Waals surface area contributed by atoms with E-state index in [1.807, 2.05) is 6.92 Å². The highest BCUT2D eigenvalue weighted by molar-refractivity contribution is 6.31. The van der Waals surface area contributed by atoms with E-state index >= 15 is 0 Å². The molecule has 0 unspecified atom stereocenters. The first-order chi connectivity index (χ1) is 12.6. The van der Waals surface area contributed by atoms with E-state index in [1.54, 1.807) is 56.3 Å². The molecule has 6 nitrogen and oxygen atoms in total. The standard InChI is InChI=1S/C20H22ClN3O3/c1-12-5-6-14(21)11-17(12)24-19(27)20(3,4)18(26)23-16-9-7-15(8-10-16)22-13(2)25/h5-11H,1-4H3,(H,22,25)(H,23,26)(H,24,27). The van der Waals surface area contributed by atoms with E-state index < -0.39 is 17.2 Å². The minimum absolute atomic E-state index is 0.180. The Kier molecular flexibility index (Phi) is 6.23. The number of benzene rings is 2. The van der Waals surface area contributed by atoms with E-state index in [9.17, 15) is 14.4 Å². The number of anilines is 3. The molecule has 0 aromatic heterocycles. The zero-order chi connectivity index (χ0) is 20.2. The lowest BCUT2D eigenvalue weighted by atomic mass is 9.90. The molecule has 0 aliphatic rings. The summed E-state index contributed by atoms with van der Waals surface area (Å²) in [5.74, 6) is -1.08. The lowest BCUT2D eigenvalue weighted by Crippen LogP contribution is -2.41. The fraction of sp³-hybridized carbons (Fsp3) is 0.250. The van der Waals surface area contributed by atoms with Crippen molar-refractivity contribution in [1.29, 1.82) is 0 Å². The minimum Gasteiger partial charge on any atom is -0.326 e. The molecule has 0 atom stereocenters. The van der Waals surface area contributed by atoms with Crippen molar-refractivity contribution in [2.45, 2.75) is 27.7 Å². The van der Waals surface area contributed by atoms with Gasteiger partial charge in [-0.05, 0) is 62.7 Å². The summed E-state index contributed by atoms with van der Waals surface area (Å²) in [6.45, 7) is 6.35. The van der Waals surface area contributed by atoms with Gasteiger partial charge in [0.1, 0.15) is 5.41 Å². The number of nitrogens with one attached hydrogen (secondary N) is 3. The lowest BCUT2D eigenvalue weighted by Gasteiger charge is -2.23. The summed E-state index contributed by atoms with van der Waals surface area (Å²) >= 11 is 5.97. The van der Waals surface area contributed by atoms with Crippen molar-refractivity contribution < 1.29 is 14.4 Å². The third-order valence-electron chi connectivity index (χ3n) is 4.05. The van der Waals surface area contributed by atoms with Crippen LogP contribution in [0.2, 0.25) is 5.02 Å². The molecule has 0 aliphatic carbocycles. The van der Waals surface area contributed by atoms with Gasteiger partial charge in [-0.3, -0.25) is 14.4 Å². The first kappa shape index (κ1) is 20.5. The molecule has 0 spiro atoms. The maximum atomic E-state index is 12.6. The summed E-state index contributed by atoms with van der Waals surface area (Å²) in [5.41, 5.74) is 1.24. The van der Waals surface area contributed by atoms with Crippen LogP contribution in [0, 0.1) is 12.3 Å². The average molecular weight is 388 g/mol. The molecule has 0 radical (unpaired) electrons. The Bertz CT molecular complexity index is 877. The van der Waals surface area contributed by atoms with Gasteiger partial charge in [-0.25, -0.2) is 0 Å². The second-order valence-electron chi connectivity index (χ2n) is 6.75. The van der Waals surface area contributed by atoms with Crippen LogP contribution in [-0.2, 0) is 14.4 Å². The molecule has 2 rings (SSSR count). The van der Waals surface area contributed by atoms with Gasteiger partial charge >= 0.3 is 0 Å². The zero-order valence-electron chi connectivity index (χ0n) is 15.6. The number of carbonyl (C=O) groups is 3. The number of amides is 3. The Balaban J connectivity index is 2.08. The van der Waals surface area contributed by atoms with Crippen LogP contribution >= 0.6 is 11.6 Å². The SMILES string of the molecule is CC(=O)Nc1ccc(NC(=O)C(C)(C)C(=O)Nc2cc(Cl)ccc2C)cc1. The molecule has 0 heterocycles. The lowest BCUT2D eigenvalue weighted by molar-refractivity contribution is -0.135. The minimum atomic E-state index is -1.31. The largest absolute Gasteiger partial charge is 0.326 e. The first-order valence-electron chi connectivity index (χ1n) is 8.36. The van der Waals surface area contributed by atoms with E-state index in [2.05, 4.69) is 16.0 Å². The summed E-state index contributed by atoms with van der Waals surface area (Å²) in [6.07, 6.45) is 0. The first-order valence-corrected chi connectivity index (χ1v) is 8.74. The topological polar surface area (TPSA) is 87.3 Å². The molecule has 0 aliphatic heterocycles. The van der Waals surface area contributed by atoms with E-state index in [1.165, 1.54) is 6.92 Å². The van der Waals surface area contributed by atoms with Crippen LogP contribution in [0.5, 0.6) is 0 Å². The Hall–Kier alpha value is -2.86. The molecule has 0 fully saturated rings. The highest BCUT2D eigenvalue weighted by atomic mass is 35.5. The summed E-state index contributed by atoms with van der Waals surface area (Å²) in [4.78, 5) is 36.3. The van der Waals surface area contributed by atoms with Crippen LogP contribution in [0.1, 0.15) is 26.3 Å². The predicted molar refractivity (Wildman–Crippen MR) is 108 cm³/mol. The number of hydrogen-bond donors (Lipinski definition) is 3. The van der Waals surface area contributed by atoms with Crippen LogP contribution in [0.25, 0.3) is 0 Å². The Morgan fingerprint density at radius 2 is 1.37 bits per heavy atom. The summed E-state index contributed by atoms with van der Waals surface area (Å²) in [5, 5.41) is 8.62. The maximum Gasteiger partial charge on any atom is 0.239 e. The van der Waals surface area contributed by atoms with Gasteiger partial charge in [0.05, 0.1) is 0 Å². The Labute approximate surface area is 163 Å². The van der Waals surface area contributed by atoms with Crippen molar-refractivity contribution in [3.05, 3.63) is 53.1 Å². The molecular formula is C20H22ClN3O3. The van der Waals surface area contributed by atoms with Crippen molar-refractivity contribution in [2.24, 2.45) is 5.41 Å². The molecule has 3 N–H and O–H groups in total. The number of hydrogen-bond acceptors (Lipinski definition) is 3. The summed E-state index contributed by atoms with van der Waals surface area (Å²) < 4.78 is 0. The van der Waals surface area contributed by atoms with Crippen LogP contribution in [0.3, 0.4) is 0 Å². The highest BCUT2D eigenvalue weighted by Gasteiger charge is 2.36. The molecule has 0 saturated heterocycles. The van der Waals surface area contributed by atoms with Crippen molar-refractivity contribution in [3.63, 3.8) is 0 Å². The molecule has 0 saturated carbocycles. The molecule has 27 heavy (non-hydrogen) atoms. The van der Waals surface area contributed by atoms with Gasteiger partial charge < -0.3 is 16.0 Å². The van der Waals surface area contributed by atoms with Crippen LogP contribution in [0.15, 0.2) is 42.5 Å². The normalized spacial score (nSPS) is 10.9. The summed E-state index contributed by atoms with van der Waals surface area (Å²) in [7, 11) is 0.